The highest BCUT2D eigenvalue weighted by Gasteiger charge is 2.35. The highest BCUT2D eigenvalue weighted by atomic mass is 79.9. The summed E-state index contributed by atoms with van der Waals surface area (Å²) < 4.78 is 45.6. The number of carbonyl (C=O) groups is 1. The second kappa shape index (κ2) is 13.8. The molecule has 1 aliphatic heterocycles. The Kier molecular flexibility index (Phi) is 10.00. The summed E-state index contributed by atoms with van der Waals surface area (Å²) in [4.78, 5) is 12.9. The minimum absolute atomic E-state index is 0.0145. The smallest absolute Gasteiger partial charge is 0.385 e. The number of aromatic nitrogens is 3. The van der Waals surface area contributed by atoms with Crippen LogP contribution < -0.4 is 8.92 Å². The molecule has 1 aromatic heterocycles. The van der Waals surface area contributed by atoms with Crippen molar-refractivity contribution in [2.75, 3.05) is 19.0 Å². The first-order valence-corrected chi connectivity index (χ1v) is 17.3. The fraction of sp³-hybridized carbons (Fsp3) is 0.406. The zero-order valence-corrected chi connectivity index (χ0v) is 28.1. The minimum Gasteiger partial charge on any atom is -0.508 e. The molecular formula is C32H37BrN4O7S. The molecule has 4 aromatic rings. The number of benzene rings is 3. The van der Waals surface area contributed by atoms with Crippen molar-refractivity contribution >= 4 is 43.2 Å². The van der Waals surface area contributed by atoms with Gasteiger partial charge in [-0.15, -0.1) is 5.10 Å². The third-order valence-corrected chi connectivity index (χ3v) is 9.93. The number of phenols is 1. The van der Waals surface area contributed by atoms with Gasteiger partial charge in [-0.25, -0.2) is 4.68 Å². The fourth-order valence-corrected chi connectivity index (χ4v) is 7.21. The van der Waals surface area contributed by atoms with Crippen LogP contribution in [0.4, 0.5) is 0 Å². The van der Waals surface area contributed by atoms with Gasteiger partial charge in [-0.1, -0.05) is 45.4 Å². The number of ether oxygens (including phenoxy) is 2. The number of unbranched alkanes of at least 4 members (excludes halogenated alkanes) is 1. The number of aromatic hydroxyl groups is 1. The lowest BCUT2D eigenvalue weighted by molar-refractivity contribution is -0.143. The van der Waals surface area contributed by atoms with Gasteiger partial charge in [-0.2, -0.15) is 12.7 Å². The molecule has 0 fully saturated rings. The van der Waals surface area contributed by atoms with Gasteiger partial charge in [0.2, 0.25) is 0 Å². The number of esters is 1. The van der Waals surface area contributed by atoms with Gasteiger partial charge in [-0.05, 0) is 73.6 Å². The molecule has 1 unspecified atom stereocenters. The van der Waals surface area contributed by atoms with E-state index in [9.17, 15) is 18.3 Å². The first kappa shape index (κ1) is 32.7. The second-order valence-electron chi connectivity index (χ2n) is 11.0. The van der Waals surface area contributed by atoms with E-state index >= 15 is 0 Å². The zero-order chi connectivity index (χ0) is 32.3. The van der Waals surface area contributed by atoms with Gasteiger partial charge in [0.1, 0.15) is 11.3 Å². The molecule has 0 amide bonds. The molecule has 0 spiro atoms. The van der Waals surface area contributed by atoms with Crippen molar-refractivity contribution in [2.24, 2.45) is 0 Å². The number of hydrogen-bond donors (Lipinski definition) is 1. The number of alkyl halides is 1. The number of fused-ring (bicyclic) bond motifs is 2. The van der Waals surface area contributed by atoms with Crippen molar-refractivity contribution < 1.29 is 32.0 Å². The molecule has 0 radical (unpaired) electrons. The van der Waals surface area contributed by atoms with E-state index in [0.717, 1.165) is 63.6 Å². The number of carbonyl (C=O) groups excluding carboxylic acids is 1. The van der Waals surface area contributed by atoms with Gasteiger partial charge in [0.15, 0.2) is 11.5 Å². The summed E-state index contributed by atoms with van der Waals surface area (Å²) in [5, 5.41) is 20.0. The summed E-state index contributed by atoms with van der Waals surface area (Å²) in [6, 6.07) is 12.6. The maximum Gasteiger partial charge on any atom is 0.385 e. The number of nitrogens with zero attached hydrogens (tertiary/aromatic N) is 4. The second-order valence-corrected chi connectivity index (χ2v) is 13.4. The fourth-order valence-electron chi connectivity index (χ4n) is 5.71. The van der Waals surface area contributed by atoms with E-state index in [4.69, 9.17) is 13.7 Å². The van der Waals surface area contributed by atoms with Gasteiger partial charge in [0.05, 0.1) is 25.7 Å². The summed E-state index contributed by atoms with van der Waals surface area (Å²) in [7, 11) is -2.79. The van der Waals surface area contributed by atoms with Crippen LogP contribution in [0.5, 0.6) is 17.2 Å². The highest BCUT2D eigenvalue weighted by molar-refractivity contribution is 9.09. The van der Waals surface area contributed by atoms with Gasteiger partial charge < -0.3 is 18.8 Å². The van der Waals surface area contributed by atoms with E-state index < -0.39 is 10.3 Å². The quantitative estimate of drug-likeness (QED) is 0.113. The summed E-state index contributed by atoms with van der Waals surface area (Å²) in [5.74, 6) is -0.556. The average molecular weight is 702 g/mol. The molecule has 1 aliphatic rings. The monoisotopic (exact) mass is 700 g/mol. The molecule has 240 valence electrons. The molecule has 0 saturated carbocycles. The number of phenolic OH excluding ortho intramolecular Hbond substituents is 1. The largest absolute Gasteiger partial charge is 0.508 e. The molecular weight excluding hydrogens is 664 g/mol. The van der Waals surface area contributed by atoms with Crippen molar-refractivity contribution in [1.29, 1.82) is 0 Å². The zero-order valence-electron chi connectivity index (χ0n) is 25.7. The normalized spacial score (nSPS) is 15.0. The number of halogens is 1. The molecule has 11 nitrogen and oxygen atoms in total. The number of methoxy groups -OCH3 is 1. The Labute approximate surface area is 271 Å². The van der Waals surface area contributed by atoms with Crippen molar-refractivity contribution in [3.63, 3.8) is 0 Å². The minimum atomic E-state index is -4.17. The molecule has 0 aliphatic carbocycles. The number of rotatable bonds is 12. The lowest BCUT2D eigenvalue weighted by Crippen LogP contribution is -2.37. The van der Waals surface area contributed by atoms with E-state index in [-0.39, 0.29) is 55.3 Å². The van der Waals surface area contributed by atoms with Crippen molar-refractivity contribution in [1.82, 2.24) is 19.3 Å². The maximum atomic E-state index is 13.2. The Morgan fingerprint density at radius 1 is 1.16 bits per heavy atom. The summed E-state index contributed by atoms with van der Waals surface area (Å²) >= 11 is 3.47. The molecule has 3 aromatic carbocycles. The molecule has 1 N–H and O–H groups in total. The molecule has 0 bridgehead atoms. The van der Waals surface area contributed by atoms with Crippen LogP contribution in [0.15, 0.2) is 42.5 Å². The van der Waals surface area contributed by atoms with Crippen LogP contribution in [-0.4, -0.2) is 57.8 Å². The highest BCUT2D eigenvalue weighted by Crippen LogP contribution is 2.41. The maximum absolute atomic E-state index is 13.2. The van der Waals surface area contributed by atoms with Crippen LogP contribution in [0.2, 0.25) is 0 Å². The van der Waals surface area contributed by atoms with Crippen LogP contribution in [0.3, 0.4) is 0 Å². The van der Waals surface area contributed by atoms with Crippen molar-refractivity contribution in [2.45, 2.75) is 65.6 Å². The molecule has 45 heavy (non-hydrogen) atoms. The van der Waals surface area contributed by atoms with Gasteiger partial charge >= 0.3 is 16.3 Å². The van der Waals surface area contributed by atoms with Crippen LogP contribution in [0.25, 0.3) is 11.0 Å². The number of hydrogen-bond acceptors (Lipinski definition) is 9. The Hall–Kier alpha value is -3.68. The average Bonchev–Trinajstić information content (AvgIpc) is 3.41. The predicted molar refractivity (Wildman–Crippen MR) is 173 cm³/mol. The standard InChI is InChI=1S/C32H37BrN4O7S/c1-5-43-30(39)17-27(26-10-11-28-31(21(26)3)34-35-37(28)13-7-6-12-33)22-9-8-20(2)23(14-22)18-36-19-24-15-25(38)16-29(42-4)32(24)44-45(36,40)41/h8-11,14-16,27,38H,5-7,12-13,17-19H2,1-4H3. The van der Waals surface area contributed by atoms with E-state index in [1.54, 1.807) is 6.92 Å². The third kappa shape index (κ3) is 6.95. The first-order chi connectivity index (χ1) is 21.6. The number of aryl methyl sites for hydroxylation is 3. The van der Waals surface area contributed by atoms with E-state index in [0.29, 0.717) is 5.56 Å². The Balaban J connectivity index is 1.51. The van der Waals surface area contributed by atoms with Crippen LogP contribution in [0.1, 0.15) is 65.5 Å². The van der Waals surface area contributed by atoms with Gasteiger partial charge in [0.25, 0.3) is 0 Å². The first-order valence-electron chi connectivity index (χ1n) is 14.8. The molecule has 13 heteroatoms. The molecule has 2 heterocycles. The predicted octanol–water partition coefficient (Wildman–Crippen LogP) is 5.66. The third-order valence-electron chi connectivity index (χ3n) is 8.10. The van der Waals surface area contributed by atoms with Crippen molar-refractivity contribution in [3.8, 4) is 17.2 Å². The summed E-state index contributed by atoms with van der Waals surface area (Å²) in [6.07, 6.45) is 2.10. The lowest BCUT2D eigenvalue weighted by Gasteiger charge is -2.29. The SMILES string of the molecule is CCOC(=O)CC(c1ccc(C)c(CN2Cc3cc(O)cc(OC)c3OS2(=O)=O)c1)c1ccc2c(nnn2CCCCBr)c1C. The van der Waals surface area contributed by atoms with Gasteiger partial charge in [-0.3, -0.25) is 4.79 Å². The van der Waals surface area contributed by atoms with E-state index in [2.05, 4.69) is 26.2 Å². The lowest BCUT2D eigenvalue weighted by atomic mass is 9.84. The Morgan fingerprint density at radius 3 is 2.69 bits per heavy atom. The van der Waals surface area contributed by atoms with Crippen LogP contribution in [0, 0.1) is 13.8 Å². The topological polar surface area (TPSA) is 133 Å². The molecule has 0 saturated heterocycles. The Bertz CT molecular complexity index is 1830. The van der Waals surface area contributed by atoms with E-state index in [1.807, 2.05) is 48.9 Å². The van der Waals surface area contributed by atoms with E-state index in [1.165, 1.54) is 23.5 Å². The Morgan fingerprint density at radius 2 is 1.96 bits per heavy atom. The van der Waals surface area contributed by atoms with Gasteiger partial charge in [0, 0.05) is 42.5 Å². The van der Waals surface area contributed by atoms with Crippen molar-refractivity contribution in [3.05, 3.63) is 75.8 Å². The summed E-state index contributed by atoms with van der Waals surface area (Å²) in [5.41, 5.74) is 6.51. The summed E-state index contributed by atoms with van der Waals surface area (Å²) in [6.45, 7) is 6.70. The van der Waals surface area contributed by atoms with Crippen LogP contribution in [-0.2, 0) is 39.5 Å². The molecule has 5 rings (SSSR count). The van der Waals surface area contributed by atoms with Crippen LogP contribution >= 0.6 is 15.9 Å². The molecule has 1 atom stereocenters.